The summed E-state index contributed by atoms with van der Waals surface area (Å²) in [5, 5.41) is 6.82. The average Bonchev–Trinajstić information content (AvgIpc) is 3.35. The van der Waals surface area contributed by atoms with Crippen molar-refractivity contribution in [1.82, 2.24) is 4.90 Å². The summed E-state index contributed by atoms with van der Waals surface area (Å²) in [6.45, 7) is 7.45. The van der Waals surface area contributed by atoms with Crippen LogP contribution >= 0.6 is 0 Å². The van der Waals surface area contributed by atoms with Gasteiger partial charge in [-0.2, -0.15) is 0 Å². The van der Waals surface area contributed by atoms with E-state index in [4.69, 9.17) is 5.10 Å². The number of hydrazone groups is 1. The van der Waals surface area contributed by atoms with E-state index in [2.05, 4.69) is 0 Å². The Bertz CT molecular complexity index is 1330. The maximum atomic E-state index is 13.9. The van der Waals surface area contributed by atoms with Gasteiger partial charge < -0.3 is 0 Å². The molecule has 1 unspecified atom stereocenters. The van der Waals surface area contributed by atoms with Crippen LogP contribution in [0.3, 0.4) is 0 Å². The van der Waals surface area contributed by atoms with Crippen molar-refractivity contribution in [2.75, 3.05) is 9.91 Å². The van der Waals surface area contributed by atoms with Crippen molar-refractivity contribution in [1.29, 1.82) is 0 Å². The monoisotopic (exact) mass is 464 g/mol. The van der Waals surface area contributed by atoms with E-state index in [-0.39, 0.29) is 11.8 Å². The molecule has 0 spiro atoms. The van der Waals surface area contributed by atoms with Crippen LogP contribution in [0.1, 0.15) is 33.3 Å². The highest BCUT2D eigenvalue weighted by Crippen LogP contribution is 2.41. The van der Waals surface area contributed by atoms with Crippen molar-refractivity contribution in [2.45, 2.75) is 33.2 Å². The van der Waals surface area contributed by atoms with E-state index < -0.39 is 11.5 Å². The summed E-state index contributed by atoms with van der Waals surface area (Å²) in [4.78, 5) is 30.6. The molecule has 0 aromatic heterocycles. The lowest BCUT2D eigenvalue weighted by Crippen LogP contribution is -2.45. The number of amidine groups is 1. The number of carbonyl (C=O) groups excluding carboxylic acids is 2. The topological polar surface area (TPSA) is 56.2 Å². The van der Waals surface area contributed by atoms with E-state index in [1.54, 1.807) is 11.9 Å². The maximum Gasteiger partial charge on any atom is 0.261 e. The predicted molar refractivity (Wildman–Crippen MR) is 139 cm³/mol. The second-order valence-electron chi connectivity index (χ2n) is 9.72. The normalized spacial score (nSPS) is 20.6. The molecule has 6 nitrogen and oxygen atoms in total. The van der Waals surface area contributed by atoms with Gasteiger partial charge in [0.2, 0.25) is 5.91 Å². The average molecular weight is 465 g/mol. The fraction of sp³-hybridized carbons (Fsp3) is 0.207. The summed E-state index contributed by atoms with van der Waals surface area (Å²) in [6.07, 6.45) is 0. The molecule has 1 atom stereocenters. The van der Waals surface area contributed by atoms with Crippen LogP contribution in [0, 0.1) is 5.92 Å². The molecule has 176 valence electrons. The molecule has 0 aliphatic carbocycles. The first-order chi connectivity index (χ1) is 16.8. The standard InChI is InChI=1S/C29H28N4O2/c1-20-24(28(35)32(27(20)34)29(2,3)4)26-31(22-16-10-6-11-17-22)25(21-14-8-5-9-15-21)30-33(26)23-18-12-7-13-19-23/h5-20H,1-4H3/b26-24-. The smallest absolute Gasteiger partial charge is 0.261 e. The van der Waals surface area contributed by atoms with Gasteiger partial charge >= 0.3 is 0 Å². The Morgan fingerprint density at radius 3 is 1.77 bits per heavy atom. The molecular weight excluding hydrogens is 436 g/mol. The summed E-state index contributed by atoms with van der Waals surface area (Å²) in [6, 6.07) is 29.5. The summed E-state index contributed by atoms with van der Waals surface area (Å²) < 4.78 is 0. The molecule has 0 radical (unpaired) electrons. The minimum atomic E-state index is -0.637. The van der Waals surface area contributed by atoms with Gasteiger partial charge in [0.05, 0.1) is 17.2 Å². The molecule has 1 fully saturated rings. The number of rotatable bonds is 3. The van der Waals surface area contributed by atoms with Gasteiger partial charge in [-0.3, -0.25) is 19.4 Å². The van der Waals surface area contributed by atoms with E-state index in [1.165, 1.54) is 4.90 Å². The second kappa shape index (κ2) is 8.55. The number of imide groups is 1. The first-order valence-electron chi connectivity index (χ1n) is 11.8. The van der Waals surface area contributed by atoms with Crippen molar-refractivity contribution < 1.29 is 9.59 Å². The van der Waals surface area contributed by atoms with Crippen molar-refractivity contribution in [2.24, 2.45) is 11.0 Å². The van der Waals surface area contributed by atoms with Crippen LogP contribution in [0.25, 0.3) is 0 Å². The fourth-order valence-corrected chi connectivity index (χ4v) is 4.61. The molecule has 2 aliphatic rings. The van der Waals surface area contributed by atoms with Crippen LogP contribution in [0.4, 0.5) is 11.4 Å². The molecule has 0 saturated carbocycles. The summed E-state index contributed by atoms with van der Waals surface area (Å²) in [5.41, 5.74) is 2.38. The third kappa shape index (κ3) is 3.81. The number of hydrogen-bond acceptors (Lipinski definition) is 5. The van der Waals surface area contributed by atoms with Crippen LogP contribution < -0.4 is 9.91 Å². The number of para-hydroxylation sites is 2. The third-order valence-corrected chi connectivity index (χ3v) is 6.24. The number of carbonyl (C=O) groups is 2. The number of nitrogens with zero attached hydrogens (tertiary/aromatic N) is 4. The van der Waals surface area contributed by atoms with Crippen molar-refractivity contribution in [3.8, 4) is 0 Å². The fourth-order valence-electron chi connectivity index (χ4n) is 4.61. The third-order valence-electron chi connectivity index (χ3n) is 6.24. The second-order valence-corrected chi connectivity index (χ2v) is 9.72. The number of benzene rings is 3. The zero-order valence-electron chi connectivity index (χ0n) is 20.3. The van der Waals surface area contributed by atoms with Gasteiger partial charge in [-0.1, -0.05) is 66.7 Å². The summed E-state index contributed by atoms with van der Waals surface area (Å²) >= 11 is 0. The molecule has 3 aromatic rings. The van der Waals surface area contributed by atoms with Gasteiger partial charge in [0.15, 0.2) is 11.7 Å². The minimum absolute atomic E-state index is 0.195. The summed E-state index contributed by atoms with van der Waals surface area (Å²) in [5.74, 6) is 0.179. The van der Waals surface area contributed by atoms with Gasteiger partial charge in [-0.25, -0.2) is 5.01 Å². The maximum absolute atomic E-state index is 13.9. The largest absolute Gasteiger partial charge is 0.277 e. The van der Waals surface area contributed by atoms with E-state index in [1.807, 2.05) is 117 Å². The number of amides is 2. The number of likely N-dealkylation sites (tertiary alicyclic amines) is 1. The molecule has 2 heterocycles. The van der Waals surface area contributed by atoms with Crippen LogP contribution in [-0.2, 0) is 9.59 Å². The van der Waals surface area contributed by atoms with E-state index in [0.717, 1.165) is 16.9 Å². The number of hydrogen-bond donors (Lipinski definition) is 0. The van der Waals surface area contributed by atoms with Crippen molar-refractivity contribution >= 4 is 29.0 Å². The highest BCUT2D eigenvalue weighted by molar-refractivity contribution is 6.20. The Morgan fingerprint density at radius 1 is 0.743 bits per heavy atom. The molecule has 3 aromatic carbocycles. The predicted octanol–water partition coefficient (Wildman–Crippen LogP) is 5.39. The first kappa shape index (κ1) is 22.6. The number of anilines is 2. The zero-order valence-corrected chi connectivity index (χ0v) is 20.3. The molecule has 0 N–H and O–H groups in total. The SMILES string of the molecule is CC1C(=O)N(C(C)(C)C)C(=O)/C1=C1\N(c2ccccc2)N=C(c2ccccc2)N1c1ccccc1. The zero-order chi connectivity index (χ0) is 24.7. The highest BCUT2D eigenvalue weighted by Gasteiger charge is 2.50. The molecule has 1 saturated heterocycles. The minimum Gasteiger partial charge on any atom is -0.277 e. The van der Waals surface area contributed by atoms with Crippen LogP contribution in [-0.4, -0.2) is 28.1 Å². The van der Waals surface area contributed by atoms with E-state index in [0.29, 0.717) is 17.2 Å². The lowest BCUT2D eigenvalue weighted by Gasteiger charge is -2.30. The molecule has 2 aliphatic heterocycles. The van der Waals surface area contributed by atoms with Crippen molar-refractivity contribution in [3.63, 3.8) is 0 Å². The lowest BCUT2D eigenvalue weighted by molar-refractivity contribution is -0.144. The Kier molecular flexibility index (Phi) is 5.52. The molecule has 35 heavy (non-hydrogen) atoms. The molecule has 2 amide bonds. The van der Waals surface area contributed by atoms with Gasteiger partial charge in [-0.15, -0.1) is 5.10 Å². The molecule has 5 rings (SSSR count). The van der Waals surface area contributed by atoms with Gasteiger partial charge in [0, 0.05) is 16.8 Å². The van der Waals surface area contributed by atoms with Gasteiger partial charge in [0.25, 0.3) is 5.91 Å². The molecule has 6 heteroatoms. The van der Waals surface area contributed by atoms with Crippen LogP contribution in [0.5, 0.6) is 0 Å². The Morgan fingerprint density at radius 2 is 1.26 bits per heavy atom. The molecular formula is C29H28N4O2. The first-order valence-corrected chi connectivity index (χ1v) is 11.8. The van der Waals surface area contributed by atoms with E-state index >= 15 is 0 Å². The molecule has 0 bridgehead atoms. The summed E-state index contributed by atoms with van der Waals surface area (Å²) in [7, 11) is 0. The van der Waals surface area contributed by atoms with Crippen LogP contribution in [0.2, 0.25) is 0 Å². The highest BCUT2D eigenvalue weighted by atomic mass is 16.2. The van der Waals surface area contributed by atoms with Gasteiger partial charge in [0.1, 0.15) is 0 Å². The van der Waals surface area contributed by atoms with Gasteiger partial charge in [-0.05, 0) is 52.0 Å². The Labute approximate surface area is 205 Å². The van der Waals surface area contributed by atoms with Crippen LogP contribution in [0.15, 0.2) is 107 Å². The van der Waals surface area contributed by atoms with Crippen molar-refractivity contribution in [3.05, 3.63) is 108 Å². The lowest BCUT2D eigenvalue weighted by atomic mass is 10.0. The Balaban J connectivity index is 1.81. The van der Waals surface area contributed by atoms with E-state index in [9.17, 15) is 9.59 Å². The Hall–Kier alpha value is -4.19. The quantitative estimate of drug-likeness (QED) is 0.385.